The number of anilines is 1. The molecule has 1 heterocycles. The molecule has 0 aliphatic rings. The van der Waals surface area contributed by atoms with Crippen molar-refractivity contribution in [1.82, 2.24) is 4.98 Å². The summed E-state index contributed by atoms with van der Waals surface area (Å²) in [7, 11) is 1.51. The van der Waals surface area contributed by atoms with Crippen molar-refractivity contribution in [2.45, 2.75) is 20.8 Å². The third-order valence-electron chi connectivity index (χ3n) is 3.64. The fraction of sp³-hybridized carbons (Fsp3) is 0.300. The summed E-state index contributed by atoms with van der Waals surface area (Å²) in [6.45, 7) is 5.94. The molecule has 1 aromatic heterocycles. The summed E-state index contributed by atoms with van der Waals surface area (Å²) < 4.78 is 15.7. The summed E-state index contributed by atoms with van der Waals surface area (Å²) in [5, 5.41) is 12.1. The van der Waals surface area contributed by atoms with Gasteiger partial charge in [0.1, 0.15) is 16.5 Å². The van der Waals surface area contributed by atoms with Crippen LogP contribution in [0.25, 0.3) is 6.08 Å². The van der Waals surface area contributed by atoms with Gasteiger partial charge in [0.05, 0.1) is 26.0 Å². The average Bonchev–Trinajstić information content (AvgIpc) is 3.07. The Morgan fingerprint density at radius 2 is 2.03 bits per heavy atom. The number of aryl methyl sites for hydroxylation is 1. The lowest BCUT2D eigenvalue weighted by atomic mass is 10.1. The molecule has 0 saturated heterocycles. The number of ether oxygens (including phenoxy) is 3. The minimum atomic E-state index is -0.635. The third kappa shape index (κ3) is 5.56. The molecule has 9 heteroatoms. The number of nitrogens with zero attached hydrogens (tertiary/aromatic N) is 2. The maximum absolute atomic E-state index is 12.5. The van der Waals surface area contributed by atoms with Crippen molar-refractivity contribution < 1.29 is 23.8 Å². The van der Waals surface area contributed by atoms with Gasteiger partial charge in [-0.3, -0.25) is 10.1 Å². The van der Waals surface area contributed by atoms with E-state index in [0.717, 1.165) is 11.3 Å². The number of esters is 1. The van der Waals surface area contributed by atoms with Crippen LogP contribution in [-0.4, -0.2) is 37.2 Å². The second-order valence-electron chi connectivity index (χ2n) is 5.62. The van der Waals surface area contributed by atoms with E-state index >= 15 is 0 Å². The highest BCUT2D eigenvalue weighted by atomic mass is 32.1. The summed E-state index contributed by atoms with van der Waals surface area (Å²) in [4.78, 5) is 28.8. The lowest BCUT2D eigenvalue weighted by Gasteiger charge is -2.09. The van der Waals surface area contributed by atoms with Crippen LogP contribution in [-0.2, 0) is 9.53 Å². The first-order valence-electron chi connectivity index (χ1n) is 8.81. The number of carbonyl (C=O) groups excluding carboxylic acids is 2. The highest BCUT2D eigenvalue weighted by molar-refractivity contribution is 7.17. The second-order valence-corrected chi connectivity index (χ2v) is 6.62. The predicted octanol–water partition coefficient (Wildman–Crippen LogP) is 3.58. The van der Waals surface area contributed by atoms with Gasteiger partial charge in [-0.2, -0.15) is 5.26 Å². The molecule has 0 aliphatic heterocycles. The summed E-state index contributed by atoms with van der Waals surface area (Å²) >= 11 is 0.993. The number of nitriles is 1. The maximum Gasteiger partial charge on any atom is 0.350 e. The van der Waals surface area contributed by atoms with Crippen LogP contribution < -0.4 is 14.8 Å². The van der Waals surface area contributed by atoms with Crippen LogP contribution in [0.15, 0.2) is 23.8 Å². The number of carbonyl (C=O) groups is 2. The first kappa shape index (κ1) is 21.9. The average molecular weight is 415 g/mol. The number of thiazole rings is 1. The Morgan fingerprint density at radius 3 is 2.66 bits per heavy atom. The van der Waals surface area contributed by atoms with E-state index in [1.807, 2.05) is 13.0 Å². The molecule has 1 amide bonds. The fourth-order valence-electron chi connectivity index (χ4n) is 2.36. The largest absolute Gasteiger partial charge is 0.493 e. The number of benzene rings is 1. The summed E-state index contributed by atoms with van der Waals surface area (Å²) in [5.41, 5.74) is 0.920. The number of methoxy groups -OCH3 is 1. The van der Waals surface area contributed by atoms with Gasteiger partial charge in [-0.05, 0) is 44.5 Å². The van der Waals surface area contributed by atoms with Crippen LogP contribution in [0.4, 0.5) is 5.13 Å². The van der Waals surface area contributed by atoms with E-state index in [1.165, 1.54) is 13.2 Å². The lowest BCUT2D eigenvalue weighted by molar-refractivity contribution is -0.112. The SMILES string of the molecule is CCOC(=O)c1sc(NC(=O)/C(C#N)=C/c2ccc(OCC)c(OC)c2)nc1C. The summed E-state index contributed by atoms with van der Waals surface area (Å²) in [6.07, 6.45) is 1.43. The summed E-state index contributed by atoms with van der Waals surface area (Å²) in [5.74, 6) is -0.0715. The van der Waals surface area contributed by atoms with E-state index < -0.39 is 11.9 Å². The number of aromatic nitrogens is 1. The van der Waals surface area contributed by atoms with E-state index in [2.05, 4.69) is 10.3 Å². The summed E-state index contributed by atoms with van der Waals surface area (Å²) in [6, 6.07) is 6.96. The van der Waals surface area contributed by atoms with Gasteiger partial charge >= 0.3 is 5.97 Å². The Bertz CT molecular complexity index is 975. The fourth-order valence-corrected chi connectivity index (χ4v) is 3.22. The topological polar surface area (TPSA) is 111 Å². The van der Waals surface area contributed by atoms with Gasteiger partial charge in [-0.15, -0.1) is 0 Å². The van der Waals surface area contributed by atoms with Crippen LogP contribution in [0, 0.1) is 18.3 Å². The van der Waals surface area contributed by atoms with Gasteiger partial charge in [-0.25, -0.2) is 9.78 Å². The molecule has 0 radical (unpaired) electrons. The molecule has 0 spiro atoms. The molecular weight excluding hydrogens is 394 g/mol. The second kappa shape index (κ2) is 10.2. The molecule has 152 valence electrons. The van der Waals surface area contributed by atoms with Crippen LogP contribution >= 0.6 is 11.3 Å². The van der Waals surface area contributed by atoms with E-state index in [4.69, 9.17) is 14.2 Å². The zero-order valence-corrected chi connectivity index (χ0v) is 17.4. The Kier molecular flexibility index (Phi) is 7.74. The quantitative estimate of drug-likeness (QED) is 0.398. The Hall–Kier alpha value is -3.38. The molecule has 0 bridgehead atoms. The number of nitrogens with one attached hydrogen (secondary N) is 1. The van der Waals surface area contributed by atoms with Crippen molar-refractivity contribution in [3.63, 3.8) is 0 Å². The number of amides is 1. The van der Waals surface area contributed by atoms with E-state index in [1.54, 1.807) is 32.0 Å². The minimum Gasteiger partial charge on any atom is -0.493 e. The van der Waals surface area contributed by atoms with Gasteiger partial charge in [-0.1, -0.05) is 17.4 Å². The molecule has 0 saturated carbocycles. The Morgan fingerprint density at radius 1 is 1.28 bits per heavy atom. The van der Waals surface area contributed by atoms with Crippen molar-refractivity contribution in [2.75, 3.05) is 25.6 Å². The van der Waals surface area contributed by atoms with Crippen molar-refractivity contribution in [3.05, 3.63) is 39.9 Å². The third-order valence-corrected chi connectivity index (χ3v) is 4.69. The molecule has 1 aromatic carbocycles. The van der Waals surface area contributed by atoms with Gasteiger partial charge < -0.3 is 14.2 Å². The Labute approximate surface area is 172 Å². The van der Waals surface area contributed by atoms with E-state index in [-0.39, 0.29) is 17.3 Å². The molecule has 1 N–H and O–H groups in total. The highest BCUT2D eigenvalue weighted by Crippen LogP contribution is 2.29. The first-order valence-corrected chi connectivity index (χ1v) is 9.63. The van der Waals surface area contributed by atoms with Crippen molar-refractivity contribution >= 4 is 34.4 Å². The monoisotopic (exact) mass is 415 g/mol. The predicted molar refractivity (Wildman–Crippen MR) is 109 cm³/mol. The molecule has 2 aromatic rings. The van der Waals surface area contributed by atoms with Gasteiger partial charge in [0.15, 0.2) is 16.6 Å². The smallest absolute Gasteiger partial charge is 0.350 e. The highest BCUT2D eigenvalue weighted by Gasteiger charge is 2.19. The van der Waals surface area contributed by atoms with Gasteiger partial charge in [0, 0.05) is 0 Å². The standard InChI is InChI=1S/C20H21N3O5S/c1-5-27-15-8-7-13(10-16(15)26-4)9-14(11-21)18(24)23-20-22-12(3)17(29-20)19(25)28-6-2/h7-10H,5-6H2,1-4H3,(H,22,23,24)/b14-9+. The van der Waals surface area contributed by atoms with Crippen molar-refractivity contribution in [2.24, 2.45) is 0 Å². The number of hydrogen-bond acceptors (Lipinski definition) is 8. The normalized spacial score (nSPS) is 10.8. The molecule has 0 fully saturated rings. The van der Waals surface area contributed by atoms with Crippen molar-refractivity contribution in [3.8, 4) is 17.6 Å². The van der Waals surface area contributed by atoms with Gasteiger partial charge in [0.25, 0.3) is 5.91 Å². The Balaban J connectivity index is 2.22. The van der Waals surface area contributed by atoms with E-state index in [9.17, 15) is 14.9 Å². The van der Waals surface area contributed by atoms with Crippen LogP contribution in [0.1, 0.15) is 34.8 Å². The minimum absolute atomic E-state index is 0.123. The molecule has 0 aliphatic carbocycles. The molecular formula is C20H21N3O5S. The zero-order chi connectivity index (χ0) is 21.4. The van der Waals surface area contributed by atoms with Gasteiger partial charge in [0.2, 0.25) is 0 Å². The molecule has 0 atom stereocenters. The lowest BCUT2D eigenvalue weighted by Crippen LogP contribution is -2.13. The van der Waals surface area contributed by atoms with Crippen LogP contribution in [0.3, 0.4) is 0 Å². The van der Waals surface area contributed by atoms with E-state index in [0.29, 0.717) is 34.2 Å². The number of hydrogen-bond donors (Lipinski definition) is 1. The van der Waals surface area contributed by atoms with Crippen LogP contribution in [0.2, 0.25) is 0 Å². The maximum atomic E-state index is 12.5. The molecule has 0 unspecified atom stereocenters. The van der Waals surface area contributed by atoms with Crippen LogP contribution in [0.5, 0.6) is 11.5 Å². The molecule has 2 rings (SSSR count). The van der Waals surface area contributed by atoms with Crippen molar-refractivity contribution in [1.29, 1.82) is 5.26 Å². The first-order chi connectivity index (χ1) is 13.9. The molecule has 29 heavy (non-hydrogen) atoms. The zero-order valence-electron chi connectivity index (χ0n) is 16.6. The number of rotatable bonds is 8. The molecule has 8 nitrogen and oxygen atoms in total.